The van der Waals surface area contributed by atoms with E-state index in [1.54, 1.807) is 23.6 Å². The fourth-order valence-electron chi connectivity index (χ4n) is 2.44. The van der Waals surface area contributed by atoms with Gasteiger partial charge in [0.15, 0.2) is 5.16 Å². The molecule has 1 N–H and O–H groups in total. The van der Waals surface area contributed by atoms with E-state index < -0.39 is 5.54 Å². The van der Waals surface area contributed by atoms with Crippen molar-refractivity contribution < 1.29 is 4.79 Å². The summed E-state index contributed by atoms with van der Waals surface area (Å²) in [6, 6.07) is 9.37. The van der Waals surface area contributed by atoms with Crippen LogP contribution in [0.1, 0.15) is 34.1 Å². The highest BCUT2D eigenvalue weighted by Crippen LogP contribution is 2.20. The topological polar surface area (TPSA) is 87.8 Å². The van der Waals surface area contributed by atoms with E-state index in [9.17, 15) is 14.9 Å². The second-order valence-corrected chi connectivity index (χ2v) is 7.62. The quantitative estimate of drug-likeness (QED) is 0.596. The van der Waals surface area contributed by atoms with Crippen LogP contribution in [-0.2, 0) is 11.3 Å². The maximum absolute atomic E-state index is 12.7. The van der Waals surface area contributed by atoms with E-state index in [0.29, 0.717) is 22.6 Å². The van der Waals surface area contributed by atoms with Gasteiger partial charge in [0.1, 0.15) is 5.54 Å². The number of carbonyl (C=O) groups excluding carboxylic acids is 1. The molecule has 1 heterocycles. The first kappa shape index (κ1) is 20.0. The first-order valence-electron chi connectivity index (χ1n) is 8.67. The molecule has 0 unspecified atom stereocenters. The van der Waals surface area contributed by atoms with Crippen molar-refractivity contribution in [2.75, 3.05) is 5.75 Å². The number of benzene rings is 1. The van der Waals surface area contributed by atoms with Gasteiger partial charge in [0, 0.05) is 6.54 Å². The third-order valence-electron chi connectivity index (χ3n) is 4.39. The van der Waals surface area contributed by atoms with Crippen LogP contribution < -0.4 is 10.9 Å². The predicted octanol–water partition coefficient (Wildman–Crippen LogP) is 2.95. The van der Waals surface area contributed by atoms with Crippen molar-refractivity contribution in [1.82, 2.24) is 14.9 Å². The van der Waals surface area contributed by atoms with Crippen LogP contribution in [0.2, 0.25) is 0 Å². The maximum Gasteiger partial charge on any atom is 0.262 e. The SMILES string of the molecule is CCCn1c(SCC(=O)N[C@](C)(C#N)C(C)C)nc2ccccc2c1=O. The van der Waals surface area contributed by atoms with E-state index in [1.807, 2.05) is 32.9 Å². The number of carbonyl (C=O) groups is 1. The van der Waals surface area contributed by atoms with Crippen molar-refractivity contribution in [2.24, 2.45) is 5.92 Å². The summed E-state index contributed by atoms with van der Waals surface area (Å²) in [5.41, 5.74) is -0.390. The molecule has 138 valence electrons. The molecule has 0 spiro atoms. The van der Waals surface area contributed by atoms with Gasteiger partial charge in [-0.2, -0.15) is 5.26 Å². The molecule has 0 saturated carbocycles. The molecule has 0 fully saturated rings. The molecule has 0 saturated heterocycles. The van der Waals surface area contributed by atoms with Gasteiger partial charge in [0.2, 0.25) is 5.91 Å². The molecule has 1 atom stereocenters. The summed E-state index contributed by atoms with van der Waals surface area (Å²) in [6.45, 7) is 8.02. The fourth-order valence-corrected chi connectivity index (χ4v) is 3.26. The van der Waals surface area contributed by atoms with Crippen LogP contribution in [0, 0.1) is 17.2 Å². The zero-order valence-corrected chi connectivity index (χ0v) is 16.4. The second-order valence-electron chi connectivity index (χ2n) is 6.67. The highest BCUT2D eigenvalue weighted by atomic mass is 32.2. The Balaban J connectivity index is 2.25. The van der Waals surface area contributed by atoms with Gasteiger partial charge in [-0.1, -0.05) is 44.7 Å². The number of amides is 1. The maximum atomic E-state index is 12.7. The summed E-state index contributed by atoms with van der Waals surface area (Å²) < 4.78 is 1.62. The van der Waals surface area contributed by atoms with Gasteiger partial charge in [-0.25, -0.2) is 4.98 Å². The van der Waals surface area contributed by atoms with Crippen LogP contribution >= 0.6 is 11.8 Å². The molecule has 7 heteroatoms. The summed E-state index contributed by atoms with van der Waals surface area (Å²) in [5, 5.41) is 13.2. The van der Waals surface area contributed by atoms with Gasteiger partial charge >= 0.3 is 0 Å². The van der Waals surface area contributed by atoms with Gasteiger partial charge in [-0.15, -0.1) is 0 Å². The van der Waals surface area contributed by atoms with Crippen LogP contribution in [0.3, 0.4) is 0 Å². The number of hydrogen-bond donors (Lipinski definition) is 1. The largest absolute Gasteiger partial charge is 0.337 e. The first-order chi connectivity index (χ1) is 12.3. The lowest BCUT2D eigenvalue weighted by Gasteiger charge is -2.27. The van der Waals surface area contributed by atoms with Crippen LogP contribution in [0.5, 0.6) is 0 Å². The molecule has 2 rings (SSSR count). The lowest BCUT2D eigenvalue weighted by molar-refractivity contribution is -0.120. The Morgan fingerprint density at radius 2 is 2.12 bits per heavy atom. The predicted molar refractivity (Wildman–Crippen MR) is 104 cm³/mol. The van der Waals surface area contributed by atoms with Crippen LogP contribution in [0.25, 0.3) is 10.9 Å². The Kier molecular flexibility index (Phi) is 6.43. The minimum Gasteiger partial charge on any atom is -0.337 e. The van der Waals surface area contributed by atoms with Gasteiger partial charge in [-0.3, -0.25) is 14.2 Å². The smallest absolute Gasteiger partial charge is 0.262 e. The Bertz CT molecular complexity index is 901. The molecule has 1 aromatic carbocycles. The van der Waals surface area contributed by atoms with Gasteiger partial charge < -0.3 is 5.32 Å². The molecule has 0 aliphatic heterocycles. The number of aromatic nitrogens is 2. The summed E-state index contributed by atoms with van der Waals surface area (Å²) in [5.74, 6) is -0.171. The molecule has 1 aromatic heterocycles. The molecular weight excluding hydrogens is 348 g/mol. The summed E-state index contributed by atoms with van der Waals surface area (Å²) in [6.07, 6.45) is 0.791. The van der Waals surface area contributed by atoms with Crippen molar-refractivity contribution in [1.29, 1.82) is 5.26 Å². The Morgan fingerprint density at radius 1 is 1.42 bits per heavy atom. The lowest BCUT2D eigenvalue weighted by Crippen LogP contribution is -2.49. The third kappa shape index (κ3) is 4.25. The summed E-state index contributed by atoms with van der Waals surface area (Å²) >= 11 is 1.22. The molecule has 1 amide bonds. The van der Waals surface area contributed by atoms with E-state index in [2.05, 4.69) is 16.4 Å². The molecule has 26 heavy (non-hydrogen) atoms. The van der Waals surface area contributed by atoms with Gasteiger partial charge in [-0.05, 0) is 31.4 Å². The number of para-hydroxylation sites is 1. The minimum absolute atomic E-state index is 0.0153. The average molecular weight is 372 g/mol. The standard InChI is InChI=1S/C19H24N4O2S/c1-5-10-23-17(25)14-8-6-7-9-15(14)21-18(23)26-11-16(24)22-19(4,12-20)13(2)3/h6-9,13H,5,10-11H2,1-4H3,(H,22,24)/t19-/m1/s1. The number of hydrogen-bond acceptors (Lipinski definition) is 5. The van der Waals surface area contributed by atoms with Crippen molar-refractivity contribution in [3.8, 4) is 6.07 Å². The molecule has 0 bridgehead atoms. The highest BCUT2D eigenvalue weighted by molar-refractivity contribution is 7.99. The molecule has 0 aliphatic rings. The van der Waals surface area contributed by atoms with E-state index in [0.717, 1.165) is 6.42 Å². The second kappa shape index (κ2) is 8.37. The number of thioether (sulfide) groups is 1. The highest BCUT2D eigenvalue weighted by Gasteiger charge is 2.30. The van der Waals surface area contributed by atoms with Gasteiger partial charge in [0.05, 0.1) is 22.7 Å². The number of rotatable bonds is 7. The first-order valence-corrected chi connectivity index (χ1v) is 9.65. The number of fused-ring (bicyclic) bond motifs is 1. The Hall–Kier alpha value is -2.33. The van der Waals surface area contributed by atoms with Crippen LogP contribution in [0.4, 0.5) is 0 Å². The molecule has 6 nitrogen and oxygen atoms in total. The summed E-state index contributed by atoms with van der Waals surface area (Å²) in [7, 11) is 0. The minimum atomic E-state index is -0.919. The summed E-state index contributed by atoms with van der Waals surface area (Å²) in [4.78, 5) is 29.6. The van der Waals surface area contributed by atoms with E-state index in [1.165, 1.54) is 11.8 Å². The average Bonchev–Trinajstić information content (AvgIpc) is 2.62. The monoisotopic (exact) mass is 372 g/mol. The Labute approximate surface area is 157 Å². The fraction of sp³-hybridized carbons (Fsp3) is 0.474. The van der Waals surface area contributed by atoms with Gasteiger partial charge in [0.25, 0.3) is 5.56 Å². The number of nitrogens with zero attached hydrogens (tertiary/aromatic N) is 3. The van der Waals surface area contributed by atoms with Crippen molar-refractivity contribution >= 4 is 28.6 Å². The van der Waals surface area contributed by atoms with E-state index >= 15 is 0 Å². The van der Waals surface area contributed by atoms with Crippen molar-refractivity contribution in [3.05, 3.63) is 34.6 Å². The van der Waals surface area contributed by atoms with E-state index in [4.69, 9.17) is 0 Å². The van der Waals surface area contributed by atoms with Crippen LogP contribution in [-0.4, -0.2) is 26.8 Å². The zero-order chi connectivity index (χ0) is 19.3. The molecule has 2 aromatic rings. The van der Waals surface area contributed by atoms with Crippen LogP contribution in [0.15, 0.2) is 34.2 Å². The zero-order valence-electron chi connectivity index (χ0n) is 15.6. The Morgan fingerprint density at radius 3 is 2.73 bits per heavy atom. The van der Waals surface area contributed by atoms with Crippen molar-refractivity contribution in [2.45, 2.75) is 51.4 Å². The number of nitriles is 1. The molecular formula is C19H24N4O2S. The van der Waals surface area contributed by atoms with E-state index in [-0.39, 0.29) is 23.1 Å². The normalized spacial score (nSPS) is 13.4. The number of nitrogens with one attached hydrogen (secondary N) is 1. The third-order valence-corrected chi connectivity index (χ3v) is 5.37. The molecule has 0 aliphatic carbocycles. The molecule has 0 radical (unpaired) electrons. The van der Waals surface area contributed by atoms with Crippen molar-refractivity contribution in [3.63, 3.8) is 0 Å². The lowest BCUT2D eigenvalue weighted by atomic mass is 9.90.